The highest BCUT2D eigenvalue weighted by molar-refractivity contribution is 7.80. The smallest absolute Gasteiger partial charge is 0.0461 e. The van der Waals surface area contributed by atoms with E-state index >= 15 is 0 Å². The van der Waals surface area contributed by atoms with Crippen LogP contribution in [0.5, 0.6) is 0 Å². The molecule has 0 aliphatic heterocycles. The summed E-state index contributed by atoms with van der Waals surface area (Å²) in [5, 5.41) is 0.690. The molecule has 0 atom stereocenters. The fourth-order valence-electron chi connectivity index (χ4n) is 0.749. The first-order chi connectivity index (χ1) is 4.75. The molecule has 0 aliphatic carbocycles. The summed E-state index contributed by atoms with van der Waals surface area (Å²) in [5.41, 5.74) is 6.33. The zero-order valence-corrected chi connectivity index (χ0v) is 6.99. The monoisotopic (exact) mass is 173 g/mol. The van der Waals surface area contributed by atoms with E-state index < -0.39 is 0 Å². The molecule has 10 heavy (non-hydrogen) atoms. The minimum absolute atomic E-state index is 0.443. The molecule has 0 heterocycles. The molecule has 1 aromatic carbocycles. The van der Waals surface area contributed by atoms with Crippen LogP contribution in [0.15, 0.2) is 23.1 Å². The lowest BCUT2D eigenvalue weighted by Crippen LogP contribution is -1.97. The summed E-state index contributed by atoms with van der Waals surface area (Å²) in [6, 6.07) is 5.53. The van der Waals surface area contributed by atoms with Crippen LogP contribution in [0.2, 0.25) is 5.02 Å². The van der Waals surface area contributed by atoms with E-state index in [1.807, 2.05) is 18.2 Å². The van der Waals surface area contributed by atoms with Crippen LogP contribution in [0.1, 0.15) is 5.56 Å². The standard InChI is InChI=1S/C7H8ClNS/c8-6-2-1-3-7(10)5(6)4-9/h1-3,10H,4,9H2. The molecule has 0 aromatic heterocycles. The van der Waals surface area contributed by atoms with Crippen LogP contribution in [0, 0.1) is 0 Å². The first-order valence-electron chi connectivity index (χ1n) is 2.92. The molecular weight excluding hydrogens is 166 g/mol. The molecule has 0 aliphatic rings. The normalized spacial score (nSPS) is 9.90. The zero-order valence-electron chi connectivity index (χ0n) is 5.34. The maximum atomic E-state index is 5.80. The fraction of sp³-hybridized carbons (Fsp3) is 0.143. The van der Waals surface area contributed by atoms with Crippen molar-refractivity contribution in [1.29, 1.82) is 0 Å². The van der Waals surface area contributed by atoms with Crippen molar-refractivity contribution in [2.45, 2.75) is 11.4 Å². The van der Waals surface area contributed by atoms with Gasteiger partial charge in [-0.25, -0.2) is 0 Å². The third-order valence-corrected chi connectivity index (χ3v) is 2.07. The maximum Gasteiger partial charge on any atom is 0.0461 e. The van der Waals surface area contributed by atoms with Gasteiger partial charge >= 0.3 is 0 Å². The molecule has 0 spiro atoms. The summed E-state index contributed by atoms with van der Waals surface area (Å²) < 4.78 is 0. The molecule has 0 radical (unpaired) electrons. The summed E-state index contributed by atoms with van der Waals surface area (Å²) in [4.78, 5) is 0.856. The first-order valence-corrected chi connectivity index (χ1v) is 3.74. The van der Waals surface area contributed by atoms with Gasteiger partial charge in [-0.15, -0.1) is 12.6 Å². The van der Waals surface area contributed by atoms with Crippen LogP contribution in [0.4, 0.5) is 0 Å². The highest BCUT2D eigenvalue weighted by Gasteiger charge is 1.99. The Labute approximate surface area is 70.6 Å². The number of nitrogens with two attached hydrogens (primary N) is 1. The van der Waals surface area contributed by atoms with Gasteiger partial charge in [-0.1, -0.05) is 17.7 Å². The predicted octanol–water partition coefficient (Wildman–Crippen LogP) is 2.09. The fourth-order valence-corrected chi connectivity index (χ4v) is 1.36. The van der Waals surface area contributed by atoms with Gasteiger partial charge in [0.25, 0.3) is 0 Å². The Kier molecular flexibility index (Phi) is 2.60. The van der Waals surface area contributed by atoms with Gasteiger partial charge in [-0.2, -0.15) is 0 Å². The van der Waals surface area contributed by atoms with Crippen molar-refractivity contribution in [2.75, 3.05) is 0 Å². The van der Waals surface area contributed by atoms with Gasteiger partial charge in [0.2, 0.25) is 0 Å². The Balaban J connectivity index is 3.17. The lowest BCUT2D eigenvalue weighted by Gasteiger charge is -2.02. The molecule has 1 rings (SSSR count). The van der Waals surface area contributed by atoms with E-state index in [9.17, 15) is 0 Å². The summed E-state index contributed by atoms with van der Waals surface area (Å²) in [6.07, 6.45) is 0. The number of hydrogen-bond acceptors (Lipinski definition) is 2. The second-order valence-corrected chi connectivity index (χ2v) is 2.83. The topological polar surface area (TPSA) is 26.0 Å². The second-order valence-electron chi connectivity index (χ2n) is 1.94. The Hall–Kier alpha value is -0.180. The molecule has 3 heteroatoms. The van der Waals surface area contributed by atoms with Crippen LogP contribution in [-0.2, 0) is 6.54 Å². The second kappa shape index (κ2) is 3.28. The Morgan fingerprint density at radius 3 is 2.60 bits per heavy atom. The lowest BCUT2D eigenvalue weighted by molar-refractivity contribution is 1.03. The van der Waals surface area contributed by atoms with Gasteiger partial charge in [0.05, 0.1) is 0 Å². The largest absolute Gasteiger partial charge is 0.326 e. The van der Waals surface area contributed by atoms with E-state index in [0.717, 1.165) is 10.5 Å². The molecular formula is C7H8ClNS. The molecule has 0 bridgehead atoms. The number of rotatable bonds is 1. The quantitative estimate of drug-likeness (QED) is 0.625. The molecule has 0 unspecified atom stereocenters. The van der Waals surface area contributed by atoms with E-state index in [1.165, 1.54) is 0 Å². The van der Waals surface area contributed by atoms with Gasteiger partial charge in [0.15, 0.2) is 0 Å². The maximum absolute atomic E-state index is 5.80. The van der Waals surface area contributed by atoms with Crippen molar-refractivity contribution in [2.24, 2.45) is 5.73 Å². The molecule has 0 saturated heterocycles. The van der Waals surface area contributed by atoms with Crippen LogP contribution in [0.25, 0.3) is 0 Å². The van der Waals surface area contributed by atoms with Crippen LogP contribution >= 0.6 is 24.2 Å². The van der Waals surface area contributed by atoms with E-state index in [0.29, 0.717) is 11.6 Å². The first kappa shape index (κ1) is 7.92. The van der Waals surface area contributed by atoms with E-state index in [2.05, 4.69) is 12.6 Å². The van der Waals surface area contributed by atoms with Gasteiger partial charge in [-0.05, 0) is 17.7 Å². The number of thiol groups is 1. The van der Waals surface area contributed by atoms with Crippen molar-refractivity contribution in [1.82, 2.24) is 0 Å². The summed E-state index contributed by atoms with van der Waals surface area (Å²) in [5.74, 6) is 0. The molecule has 0 fully saturated rings. The van der Waals surface area contributed by atoms with Gasteiger partial charge < -0.3 is 5.73 Å². The predicted molar refractivity (Wildman–Crippen MR) is 46.6 cm³/mol. The van der Waals surface area contributed by atoms with Gasteiger partial charge in [-0.3, -0.25) is 0 Å². The Morgan fingerprint density at radius 2 is 2.20 bits per heavy atom. The third-order valence-electron chi connectivity index (χ3n) is 1.30. The molecule has 1 nitrogen and oxygen atoms in total. The molecule has 0 amide bonds. The molecule has 54 valence electrons. The molecule has 0 saturated carbocycles. The van der Waals surface area contributed by atoms with Crippen LogP contribution < -0.4 is 5.73 Å². The summed E-state index contributed by atoms with van der Waals surface area (Å²) in [6.45, 7) is 0.443. The highest BCUT2D eigenvalue weighted by Crippen LogP contribution is 2.21. The summed E-state index contributed by atoms with van der Waals surface area (Å²) >= 11 is 9.98. The SMILES string of the molecule is NCc1c(S)cccc1Cl. The number of halogens is 1. The number of hydrogen-bond donors (Lipinski definition) is 2. The molecule has 2 N–H and O–H groups in total. The Bertz CT molecular complexity index is 217. The van der Waals surface area contributed by atoms with Crippen molar-refractivity contribution < 1.29 is 0 Å². The minimum Gasteiger partial charge on any atom is -0.326 e. The van der Waals surface area contributed by atoms with Crippen LogP contribution in [-0.4, -0.2) is 0 Å². The van der Waals surface area contributed by atoms with Crippen LogP contribution in [0.3, 0.4) is 0 Å². The third kappa shape index (κ3) is 1.45. The van der Waals surface area contributed by atoms with Crippen molar-refractivity contribution >= 4 is 24.2 Å². The average Bonchev–Trinajstić information content (AvgIpc) is 1.88. The average molecular weight is 174 g/mol. The van der Waals surface area contributed by atoms with E-state index in [-0.39, 0.29) is 0 Å². The van der Waals surface area contributed by atoms with Gasteiger partial charge in [0.1, 0.15) is 0 Å². The highest BCUT2D eigenvalue weighted by atomic mass is 35.5. The summed E-state index contributed by atoms with van der Waals surface area (Å²) in [7, 11) is 0. The zero-order chi connectivity index (χ0) is 7.56. The van der Waals surface area contributed by atoms with Crippen molar-refractivity contribution in [3.63, 3.8) is 0 Å². The molecule has 1 aromatic rings. The van der Waals surface area contributed by atoms with E-state index in [1.54, 1.807) is 0 Å². The van der Waals surface area contributed by atoms with Gasteiger partial charge in [0, 0.05) is 16.5 Å². The van der Waals surface area contributed by atoms with E-state index in [4.69, 9.17) is 17.3 Å². The Morgan fingerprint density at radius 1 is 1.50 bits per heavy atom. The number of benzene rings is 1. The van der Waals surface area contributed by atoms with Crippen molar-refractivity contribution in [3.05, 3.63) is 28.8 Å². The minimum atomic E-state index is 0.443. The lowest BCUT2D eigenvalue weighted by atomic mass is 10.2. The van der Waals surface area contributed by atoms with Crippen molar-refractivity contribution in [3.8, 4) is 0 Å².